The Hall–Kier alpha value is -3.52. The van der Waals surface area contributed by atoms with Gasteiger partial charge >= 0.3 is 0 Å². The summed E-state index contributed by atoms with van der Waals surface area (Å²) in [6.07, 6.45) is 2.38. The lowest BCUT2D eigenvalue weighted by atomic mass is 10.0. The van der Waals surface area contributed by atoms with Gasteiger partial charge in [-0.05, 0) is 56.4 Å². The van der Waals surface area contributed by atoms with Gasteiger partial charge in [0, 0.05) is 54.6 Å². The monoisotopic (exact) mass is 480 g/mol. The molecule has 0 bridgehead atoms. The summed E-state index contributed by atoms with van der Waals surface area (Å²) in [6, 6.07) is 11.2. The molecule has 8 nitrogen and oxygen atoms in total. The molecule has 2 amide bonds. The summed E-state index contributed by atoms with van der Waals surface area (Å²) >= 11 is 0. The van der Waals surface area contributed by atoms with Gasteiger partial charge in [-0.25, -0.2) is 0 Å². The SMILES string of the molecule is CCN(CC)CCC(=O)N(C)c1ccc(NC(C)C=C2C(=O)Nc3cc(OC)c(OC)cc32)cc1. The molecule has 1 aliphatic rings. The summed E-state index contributed by atoms with van der Waals surface area (Å²) in [5.74, 6) is 1.06. The van der Waals surface area contributed by atoms with Crippen molar-refractivity contribution in [2.45, 2.75) is 33.2 Å². The molecule has 188 valence electrons. The fraction of sp³-hybridized carbons (Fsp3) is 0.407. The van der Waals surface area contributed by atoms with Crippen LogP contribution in [-0.2, 0) is 9.59 Å². The number of methoxy groups -OCH3 is 2. The molecule has 0 aromatic heterocycles. The minimum absolute atomic E-state index is 0.0914. The first-order chi connectivity index (χ1) is 16.8. The van der Waals surface area contributed by atoms with Crippen LogP contribution in [0.15, 0.2) is 42.5 Å². The standard InChI is InChI=1S/C27H36N4O4/c1-7-31(8-2)14-13-26(32)30(4)20-11-9-19(10-12-20)28-18(3)15-22-21-16-24(34-5)25(35-6)17-23(21)29-27(22)33/h9-12,15-18,28H,7-8,13-14H2,1-6H3,(H,29,33). The third kappa shape index (κ3) is 6.14. The maximum absolute atomic E-state index is 12.6. The van der Waals surface area contributed by atoms with Crippen molar-refractivity contribution in [3.05, 3.63) is 48.0 Å². The molecule has 0 saturated heterocycles. The molecular weight excluding hydrogens is 444 g/mol. The number of amides is 2. The van der Waals surface area contributed by atoms with Gasteiger partial charge in [-0.3, -0.25) is 9.59 Å². The summed E-state index contributed by atoms with van der Waals surface area (Å²) in [4.78, 5) is 29.1. The van der Waals surface area contributed by atoms with E-state index < -0.39 is 0 Å². The highest BCUT2D eigenvalue weighted by molar-refractivity contribution is 6.31. The average Bonchev–Trinajstić information content (AvgIpc) is 3.17. The van der Waals surface area contributed by atoms with Crippen LogP contribution in [0.25, 0.3) is 5.57 Å². The van der Waals surface area contributed by atoms with Crippen LogP contribution in [0.1, 0.15) is 32.8 Å². The fourth-order valence-corrected chi connectivity index (χ4v) is 4.12. The summed E-state index contributed by atoms with van der Waals surface area (Å²) in [7, 11) is 4.94. The predicted molar refractivity (Wildman–Crippen MR) is 141 cm³/mol. The molecule has 0 spiro atoms. The smallest absolute Gasteiger partial charge is 0.256 e. The van der Waals surface area contributed by atoms with Gasteiger partial charge in [-0.2, -0.15) is 0 Å². The maximum Gasteiger partial charge on any atom is 0.256 e. The first kappa shape index (κ1) is 26.1. The van der Waals surface area contributed by atoms with Crippen LogP contribution in [0.3, 0.4) is 0 Å². The zero-order chi connectivity index (χ0) is 25.5. The van der Waals surface area contributed by atoms with Crippen molar-refractivity contribution < 1.29 is 19.1 Å². The second-order valence-electron chi connectivity index (χ2n) is 8.50. The van der Waals surface area contributed by atoms with E-state index in [1.54, 1.807) is 32.2 Å². The van der Waals surface area contributed by atoms with Gasteiger partial charge < -0.3 is 29.9 Å². The molecular formula is C27H36N4O4. The Labute approximate surface area is 207 Å². The zero-order valence-electron chi connectivity index (χ0n) is 21.5. The van der Waals surface area contributed by atoms with Crippen LogP contribution in [-0.4, -0.2) is 63.7 Å². The number of hydrogen-bond donors (Lipinski definition) is 2. The van der Waals surface area contributed by atoms with Gasteiger partial charge in [0.1, 0.15) is 0 Å². The third-order valence-electron chi connectivity index (χ3n) is 6.28. The topological polar surface area (TPSA) is 83.1 Å². The fourth-order valence-electron chi connectivity index (χ4n) is 4.12. The average molecular weight is 481 g/mol. The lowest BCUT2D eigenvalue weighted by Crippen LogP contribution is -2.32. The van der Waals surface area contributed by atoms with Crippen LogP contribution in [0.2, 0.25) is 0 Å². The Bertz CT molecular complexity index is 1080. The number of carbonyl (C=O) groups excluding carboxylic acids is 2. The van der Waals surface area contributed by atoms with Gasteiger partial charge in [0.15, 0.2) is 11.5 Å². The Morgan fingerprint density at radius 2 is 1.71 bits per heavy atom. The highest BCUT2D eigenvalue weighted by Gasteiger charge is 2.27. The number of benzene rings is 2. The number of fused-ring (bicyclic) bond motifs is 1. The van der Waals surface area contributed by atoms with Crippen molar-refractivity contribution in [3.63, 3.8) is 0 Å². The Morgan fingerprint density at radius 3 is 2.31 bits per heavy atom. The highest BCUT2D eigenvalue weighted by atomic mass is 16.5. The van der Waals surface area contributed by atoms with Crippen molar-refractivity contribution >= 4 is 34.4 Å². The molecule has 3 rings (SSSR count). The second-order valence-corrected chi connectivity index (χ2v) is 8.50. The molecule has 2 N–H and O–H groups in total. The van der Waals surface area contributed by atoms with E-state index in [0.717, 1.165) is 36.6 Å². The van der Waals surface area contributed by atoms with E-state index in [1.807, 2.05) is 43.3 Å². The van der Waals surface area contributed by atoms with E-state index in [2.05, 4.69) is 29.4 Å². The lowest BCUT2D eigenvalue weighted by molar-refractivity contribution is -0.118. The van der Waals surface area contributed by atoms with E-state index in [9.17, 15) is 9.59 Å². The number of nitrogens with one attached hydrogen (secondary N) is 2. The summed E-state index contributed by atoms with van der Waals surface area (Å²) in [5.41, 5.74) is 3.80. The molecule has 0 fully saturated rings. The van der Waals surface area contributed by atoms with Crippen molar-refractivity contribution in [2.75, 3.05) is 56.4 Å². The lowest BCUT2D eigenvalue weighted by Gasteiger charge is -2.22. The molecule has 2 aromatic rings. The minimum atomic E-state index is -0.163. The molecule has 1 heterocycles. The van der Waals surface area contributed by atoms with Crippen LogP contribution < -0.4 is 25.0 Å². The van der Waals surface area contributed by atoms with Crippen molar-refractivity contribution in [2.24, 2.45) is 0 Å². The number of ether oxygens (including phenoxy) is 2. The molecule has 0 aliphatic carbocycles. The molecule has 1 unspecified atom stereocenters. The van der Waals surface area contributed by atoms with E-state index >= 15 is 0 Å². The Kier molecular flexibility index (Phi) is 8.76. The highest BCUT2D eigenvalue weighted by Crippen LogP contribution is 2.40. The largest absolute Gasteiger partial charge is 0.493 e. The van der Waals surface area contributed by atoms with E-state index in [-0.39, 0.29) is 17.9 Å². The van der Waals surface area contributed by atoms with Gasteiger partial charge in [-0.15, -0.1) is 0 Å². The van der Waals surface area contributed by atoms with Crippen LogP contribution >= 0.6 is 0 Å². The molecule has 0 saturated carbocycles. The number of hydrogen-bond acceptors (Lipinski definition) is 6. The third-order valence-corrected chi connectivity index (χ3v) is 6.28. The van der Waals surface area contributed by atoms with Crippen molar-refractivity contribution in [1.29, 1.82) is 0 Å². The molecule has 0 radical (unpaired) electrons. The Balaban J connectivity index is 1.67. The summed E-state index contributed by atoms with van der Waals surface area (Å²) in [5, 5.41) is 6.29. The molecule has 35 heavy (non-hydrogen) atoms. The molecule has 1 aliphatic heterocycles. The van der Waals surface area contributed by atoms with E-state index in [1.165, 1.54) is 0 Å². The number of anilines is 3. The first-order valence-electron chi connectivity index (χ1n) is 12.0. The van der Waals surface area contributed by atoms with Crippen LogP contribution in [0, 0.1) is 0 Å². The van der Waals surface area contributed by atoms with Gasteiger partial charge in [0.2, 0.25) is 5.91 Å². The van der Waals surface area contributed by atoms with Gasteiger partial charge in [-0.1, -0.05) is 13.8 Å². The number of nitrogens with zero attached hydrogens (tertiary/aromatic N) is 2. The number of rotatable bonds is 11. The summed E-state index contributed by atoms with van der Waals surface area (Å²) in [6.45, 7) is 8.83. The van der Waals surface area contributed by atoms with Gasteiger partial charge in [0.05, 0.1) is 19.9 Å². The molecule has 8 heteroatoms. The first-order valence-corrected chi connectivity index (χ1v) is 12.0. The predicted octanol–water partition coefficient (Wildman–Crippen LogP) is 4.23. The van der Waals surface area contributed by atoms with Gasteiger partial charge in [0.25, 0.3) is 5.91 Å². The minimum Gasteiger partial charge on any atom is -0.493 e. The summed E-state index contributed by atoms with van der Waals surface area (Å²) < 4.78 is 10.7. The van der Waals surface area contributed by atoms with Crippen molar-refractivity contribution in [3.8, 4) is 11.5 Å². The number of carbonyl (C=O) groups is 2. The normalized spacial score (nSPS) is 14.5. The van der Waals surface area contributed by atoms with Crippen LogP contribution in [0.5, 0.6) is 11.5 Å². The Morgan fingerprint density at radius 1 is 1.09 bits per heavy atom. The second kappa shape index (κ2) is 11.8. The quantitative estimate of drug-likeness (QED) is 0.468. The zero-order valence-corrected chi connectivity index (χ0v) is 21.5. The molecule has 2 aromatic carbocycles. The van der Waals surface area contributed by atoms with Crippen molar-refractivity contribution in [1.82, 2.24) is 4.90 Å². The molecule has 1 atom stereocenters. The van der Waals surface area contributed by atoms with E-state index in [0.29, 0.717) is 29.2 Å². The van der Waals surface area contributed by atoms with E-state index in [4.69, 9.17) is 9.47 Å². The maximum atomic E-state index is 12.6. The van der Waals surface area contributed by atoms with Crippen LogP contribution in [0.4, 0.5) is 17.1 Å².